The Kier molecular flexibility index (Phi) is 10.8. The Morgan fingerprint density at radius 1 is 0.778 bits per heavy atom. The van der Waals surface area contributed by atoms with Crippen molar-refractivity contribution in [3.63, 3.8) is 0 Å². The second kappa shape index (κ2) is 12.5. The summed E-state index contributed by atoms with van der Waals surface area (Å²) < 4.78 is 10.8. The Bertz CT molecular complexity index is 572. The molecule has 0 N–H and O–H groups in total. The first-order valence-corrected chi connectivity index (χ1v) is 10.3. The van der Waals surface area contributed by atoms with Crippen LogP contribution in [0, 0.1) is 5.41 Å². The van der Waals surface area contributed by atoms with Crippen LogP contribution in [0.3, 0.4) is 0 Å². The standard InChI is InChI=1S/C23H36O4/c1-5-6-7-8-9-10-16-21(24)26-19-14-11-12-15-20(19)27-22(25)17-13-18-23(2,3)4/h11-12,14-15H,5-10,13,16-18H2,1-4H3. The van der Waals surface area contributed by atoms with Gasteiger partial charge in [0, 0.05) is 12.8 Å². The van der Waals surface area contributed by atoms with E-state index in [1.807, 2.05) is 0 Å². The smallest absolute Gasteiger partial charge is 0.311 e. The van der Waals surface area contributed by atoms with Gasteiger partial charge in [0.15, 0.2) is 11.5 Å². The van der Waals surface area contributed by atoms with Crippen molar-refractivity contribution in [1.29, 1.82) is 0 Å². The van der Waals surface area contributed by atoms with Crippen molar-refractivity contribution >= 4 is 11.9 Å². The maximum Gasteiger partial charge on any atom is 0.311 e. The average Bonchev–Trinajstić information content (AvgIpc) is 2.58. The molecule has 27 heavy (non-hydrogen) atoms. The van der Waals surface area contributed by atoms with E-state index in [-0.39, 0.29) is 17.4 Å². The van der Waals surface area contributed by atoms with Crippen LogP contribution in [0.2, 0.25) is 0 Å². The molecule has 1 aromatic rings. The monoisotopic (exact) mass is 376 g/mol. The second-order valence-corrected chi connectivity index (χ2v) is 8.33. The molecular formula is C23H36O4. The van der Waals surface area contributed by atoms with Crippen LogP contribution in [0.1, 0.15) is 91.9 Å². The largest absolute Gasteiger partial charge is 0.423 e. The van der Waals surface area contributed by atoms with Gasteiger partial charge in [0.05, 0.1) is 0 Å². The van der Waals surface area contributed by atoms with Gasteiger partial charge >= 0.3 is 11.9 Å². The number of rotatable bonds is 12. The highest BCUT2D eigenvalue weighted by Gasteiger charge is 2.15. The Morgan fingerprint density at radius 3 is 1.78 bits per heavy atom. The minimum Gasteiger partial charge on any atom is -0.423 e. The zero-order valence-electron chi connectivity index (χ0n) is 17.5. The number of ether oxygens (including phenoxy) is 2. The highest BCUT2D eigenvalue weighted by molar-refractivity contribution is 5.76. The van der Waals surface area contributed by atoms with Crippen molar-refractivity contribution in [1.82, 2.24) is 0 Å². The van der Waals surface area contributed by atoms with E-state index in [4.69, 9.17) is 9.47 Å². The topological polar surface area (TPSA) is 52.6 Å². The molecular weight excluding hydrogens is 340 g/mol. The predicted molar refractivity (Wildman–Crippen MR) is 109 cm³/mol. The minimum atomic E-state index is -0.293. The van der Waals surface area contributed by atoms with E-state index >= 15 is 0 Å². The molecule has 0 heterocycles. The molecule has 0 aliphatic rings. The lowest BCUT2D eigenvalue weighted by atomic mass is 9.90. The maximum atomic E-state index is 12.1. The van der Waals surface area contributed by atoms with Gasteiger partial charge in [-0.2, -0.15) is 0 Å². The molecule has 0 unspecified atom stereocenters. The van der Waals surface area contributed by atoms with E-state index < -0.39 is 0 Å². The summed E-state index contributed by atoms with van der Waals surface area (Å²) in [5, 5.41) is 0. The number of unbranched alkanes of at least 4 members (excludes halogenated alkanes) is 5. The molecule has 4 nitrogen and oxygen atoms in total. The molecule has 1 rings (SSSR count). The van der Waals surface area contributed by atoms with Gasteiger partial charge in [0.25, 0.3) is 0 Å². The number of hydrogen-bond acceptors (Lipinski definition) is 4. The lowest BCUT2D eigenvalue weighted by Crippen LogP contribution is -2.13. The summed E-state index contributed by atoms with van der Waals surface area (Å²) in [4.78, 5) is 24.1. The summed E-state index contributed by atoms with van der Waals surface area (Å²) >= 11 is 0. The normalized spacial score (nSPS) is 11.3. The third-order valence-corrected chi connectivity index (χ3v) is 4.34. The van der Waals surface area contributed by atoms with Gasteiger partial charge in [0.1, 0.15) is 0 Å². The van der Waals surface area contributed by atoms with Crippen LogP contribution >= 0.6 is 0 Å². The van der Waals surface area contributed by atoms with Crippen molar-refractivity contribution in [3.8, 4) is 11.5 Å². The van der Waals surface area contributed by atoms with Crippen molar-refractivity contribution in [2.45, 2.75) is 91.9 Å². The van der Waals surface area contributed by atoms with Crippen LogP contribution < -0.4 is 9.47 Å². The highest BCUT2D eigenvalue weighted by Crippen LogP contribution is 2.28. The Labute approximate surface area is 164 Å². The molecule has 0 saturated heterocycles. The Hall–Kier alpha value is -1.84. The third kappa shape index (κ3) is 11.5. The molecule has 0 aromatic heterocycles. The van der Waals surface area contributed by atoms with Crippen LogP contribution in [-0.2, 0) is 9.59 Å². The van der Waals surface area contributed by atoms with Crippen LogP contribution in [-0.4, -0.2) is 11.9 Å². The molecule has 152 valence electrons. The third-order valence-electron chi connectivity index (χ3n) is 4.34. The quantitative estimate of drug-likeness (QED) is 0.238. The SMILES string of the molecule is CCCCCCCCC(=O)Oc1ccccc1OC(=O)CCCC(C)(C)C. The van der Waals surface area contributed by atoms with Crippen molar-refractivity contribution in [2.24, 2.45) is 5.41 Å². The van der Waals surface area contributed by atoms with Gasteiger partial charge in [-0.3, -0.25) is 9.59 Å². The van der Waals surface area contributed by atoms with E-state index in [2.05, 4.69) is 27.7 Å². The van der Waals surface area contributed by atoms with Gasteiger partial charge in [-0.1, -0.05) is 71.9 Å². The summed E-state index contributed by atoms with van der Waals surface area (Å²) in [6, 6.07) is 6.86. The average molecular weight is 377 g/mol. The molecule has 0 bridgehead atoms. The number of hydrogen-bond donors (Lipinski definition) is 0. The van der Waals surface area contributed by atoms with Gasteiger partial charge in [-0.15, -0.1) is 0 Å². The van der Waals surface area contributed by atoms with Crippen LogP contribution in [0.15, 0.2) is 24.3 Å². The molecule has 0 aliphatic heterocycles. The predicted octanol–water partition coefficient (Wildman–Crippen LogP) is 6.46. The molecule has 0 spiro atoms. The summed E-state index contributed by atoms with van der Waals surface area (Å²) in [7, 11) is 0. The second-order valence-electron chi connectivity index (χ2n) is 8.33. The Morgan fingerprint density at radius 2 is 1.26 bits per heavy atom. The molecule has 0 atom stereocenters. The van der Waals surface area contributed by atoms with Crippen LogP contribution in [0.4, 0.5) is 0 Å². The van der Waals surface area contributed by atoms with Gasteiger partial charge in [0.2, 0.25) is 0 Å². The summed E-state index contributed by atoms with van der Waals surface area (Å²) in [6.45, 7) is 8.64. The molecule has 0 amide bonds. The number of esters is 2. The zero-order valence-corrected chi connectivity index (χ0v) is 17.5. The molecule has 1 aromatic carbocycles. The van der Waals surface area contributed by atoms with Crippen molar-refractivity contribution < 1.29 is 19.1 Å². The van der Waals surface area contributed by atoms with E-state index in [9.17, 15) is 9.59 Å². The summed E-state index contributed by atoms with van der Waals surface area (Å²) in [5.41, 5.74) is 0.199. The molecule has 0 aliphatic carbocycles. The van der Waals surface area contributed by atoms with Gasteiger partial charge in [-0.25, -0.2) is 0 Å². The first-order chi connectivity index (χ1) is 12.8. The number of carbonyl (C=O) groups excluding carboxylic acids is 2. The number of benzene rings is 1. The van der Waals surface area contributed by atoms with Crippen LogP contribution in [0.25, 0.3) is 0 Å². The molecule has 0 saturated carbocycles. The number of para-hydroxylation sites is 2. The maximum absolute atomic E-state index is 12.1. The van der Waals surface area contributed by atoms with E-state index in [1.165, 1.54) is 19.3 Å². The lowest BCUT2D eigenvalue weighted by molar-refractivity contribution is -0.137. The van der Waals surface area contributed by atoms with Crippen LogP contribution in [0.5, 0.6) is 11.5 Å². The van der Waals surface area contributed by atoms with Gasteiger partial charge < -0.3 is 9.47 Å². The summed E-state index contributed by atoms with van der Waals surface area (Å²) in [6.07, 6.45) is 9.20. The molecule has 4 heteroatoms. The fourth-order valence-corrected chi connectivity index (χ4v) is 2.78. The van der Waals surface area contributed by atoms with Crippen molar-refractivity contribution in [3.05, 3.63) is 24.3 Å². The first kappa shape index (κ1) is 23.2. The minimum absolute atomic E-state index is 0.199. The fraction of sp³-hybridized carbons (Fsp3) is 0.652. The summed E-state index contributed by atoms with van der Waals surface area (Å²) in [5.74, 6) is 0.0626. The van der Waals surface area contributed by atoms with E-state index in [0.29, 0.717) is 24.3 Å². The van der Waals surface area contributed by atoms with E-state index in [1.54, 1.807) is 24.3 Å². The molecule has 0 radical (unpaired) electrons. The number of carbonyl (C=O) groups is 2. The molecule has 0 fully saturated rings. The fourth-order valence-electron chi connectivity index (χ4n) is 2.78. The highest BCUT2D eigenvalue weighted by atomic mass is 16.6. The van der Waals surface area contributed by atoms with Gasteiger partial charge in [-0.05, 0) is 36.8 Å². The van der Waals surface area contributed by atoms with E-state index in [0.717, 1.165) is 32.1 Å². The first-order valence-electron chi connectivity index (χ1n) is 10.3. The lowest BCUT2D eigenvalue weighted by Gasteiger charge is -2.17. The van der Waals surface area contributed by atoms with Crippen molar-refractivity contribution in [2.75, 3.05) is 0 Å². The Balaban J connectivity index is 2.42. The zero-order chi connectivity index (χ0) is 20.1.